The molecule has 2 rings (SSSR count). The number of methoxy groups -OCH3 is 1. The van der Waals surface area contributed by atoms with Crippen molar-refractivity contribution in [3.05, 3.63) is 53.0 Å². The predicted octanol–water partition coefficient (Wildman–Crippen LogP) is 2.71. The molecule has 0 saturated heterocycles. The van der Waals surface area contributed by atoms with Gasteiger partial charge in [0.05, 0.1) is 25.0 Å². The molecule has 0 saturated carbocycles. The first-order valence-electron chi connectivity index (χ1n) is 7.16. The van der Waals surface area contributed by atoms with E-state index in [2.05, 4.69) is 5.32 Å². The molecule has 1 atom stereocenters. The van der Waals surface area contributed by atoms with E-state index >= 15 is 0 Å². The molecular formula is C17H19NO5. The number of carboxylic acid groups (broad SMARTS) is 1. The molecule has 1 aromatic carbocycles. The van der Waals surface area contributed by atoms with Gasteiger partial charge < -0.3 is 19.6 Å². The van der Waals surface area contributed by atoms with E-state index in [1.807, 2.05) is 31.2 Å². The van der Waals surface area contributed by atoms with Crippen LogP contribution in [0.25, 0.3) is 0 Å². The van der Waals surface area contributed by atoms with E-state index in [0.717, 1.165) is 5.56 Å². The van der Waals surface area contributed by atoms with E-state index in [-0.39, 0.29) is 29.7 Å². The smallest absolute Gasteiger partial charge is 0.311 e. The number of furan rings is 1. The van der Waals surface area contributed by atoms with E-state index < -0.39 is 5.97 Å². The van der Waals surface area contributed by atoms with Crippen LogP contribution in [0.5, 0.6) is 5.75 Å². The molecule has 0 fully saturated rings. The van der Waals surface area contributed by atoms with Crippen molar-refractivity contribution in [2.75, 3.05) is 7.11 Å². The number of hydrogen-bond acceptors (Lipinski definition) is 4. The Morgan fingerprint density at radius 1 is 1.35 bits per heavy atom. The minimum atomic E-state index is -1.05. The van der Waals surface area contributed by atoms with Crippen LogP contribution in [-0.4, -0.2) is 24.1 Å². The van der Waals surface area contributed by atoms with Gasteiger partial charge in [0.1, 0.15) is 17.9 Å². The molecule has 6 nitrogen and oxygen atoms in total. The third-order valence-corrected chi connectivity index (χ3v) is 3.54. The Hall–Kier alpha value is -2.76. The van der Waals surface area contributed by atoms with Crippen molar-refractivity contribution in [1.29, 1.82) is 0 Å². The number of carbonyl (C=O) groups excluding carboxylic acids is 1. The molecule has 1 aromatic heterocycles. The molecule has 0 aliphatic carbocycles. The molecule has 2 N–H and O–H groups in total. The molecule has 122 valence electrons. The fourth-order valence-electron chi connectivity index (χ4n) is 2.44. The highest BCUT2D eigenvalue weighted by atomic mass is 16.5. The largest absolute Gasteiger partial charge is 0.496 e. The molecule has 0 spiro atoms. The summed E-state index contributed by atoms with van der Waals surface area (Å²) < 4.78 is 10.5. The van der Waals surface area contributed by atoms with Gasteiger partial charge in [-0.3, -0.25) is 9.59 Å². The van der Waals surface area contributed by atoms with Crippen molar-refractivity contribution in [1.82, 2.24) is 5.32 Å². The van der Waals surface area contributed by atoms with Gasteiger partial charge in [-0.15, -0.1) is 0 Å². The van der Waals surface area contributed by atoms with Crippen molar-refractivity contribution in [3.63, 3.8) is 0 Å². The summed E-state index contributed by atoms with van der Waals surface area (Å²) in [5.74, 6) is -0.591. The van der Waals surface area contributed by atoms with Gasteiger partial charge in [-0.1, -0.05) is 18.2 Å². The number of aryl methyl sites for hydroxylation is 1. The lowest BCUT2D eigenvalue weighted by Gasteiger charge is -2.17. The fourth-order valence-corrected chi connectivity index (χ4v) is 2.44. The third kappa shape index (κ3) is 3.71. The Balaban J connectivity index is 2.22. The Kier molecular flexibility index (Phi) is 5.05. The van der Waals surface area contributed by atoms with Crippen LogP contribution in [0.2, 0.25) is 0 Å². The van der Waals surface area contributed by atoms with Crippen LogP contribution in [0, 0.1) is 6.92 Å². The Labute approximate surface area is 134 Å². The number of carbonyl (C=O) groups is 2. The quantitative estimate of drug-likeness (QED) is 0.855. The van der Waals surface area contributed by atoms with Crippen LogP contribution < -0.4 is 10.1 Å². The van der Waals surface area contributed by atoms with Crippen LogP contribution in [-0.2, 0) is 11.2 Å². The maximum Gasteiger partial charge on any atom is 0.311 e. The molecule has 2 aromatic rings. The first-order valence-corrected chi connectivity index (χ1v) is 7.16. The Morgan fingerprint density at radius 2 is 2.04 bits per heavy atom. The van der Waals surface area contributed by atoms with E-state index in [1.165, 1.54) is 6.26 Å². The van der Waals surface area contributed by atoms with Gasteiger partial charge >= 0.3 is 5.97 Å². The first-order chi connectivity index (χ1) is 10.9. The van der Waals surface area contributed by atoms with Crippen molar-refractivity contribution in [2.24, 2.45) is 0 Å². The Morgan fingerprint density at radius 3 is 2.70 bits per heavy atom. The highest BCUT2D eigenvalue weighted by Crippen LogP contribution is 2.25. The summed E-state index contributed by atoms with van der Waals surface area (Å²) in [5.41, 5.74) is 1.71. The van der Waals surface area contributed by atoms with E-state index in [0.29, 0.717) is 11.3 Å². The first kappa shape index (κ1) is 16.6. The van der Waals surface area contributed by atoms with E-state index in [9.17, 15) is 9.59 Å². The molecule has 23 heavy (non-hydrogen) atoms. The SMILES string of the molecule is COc1ccccc1C(C)NC(=O)c1c(C)coc1CC(=O)O. The molecule has 1 unspecified atom stereocenters. The molecule has 6 heteroatoms. The van der Waals surface area contributed by atoms with Gasteiger partial charge in [-0.25, -0.2) is 0 Å². The van der Waals surface area contributed by atoms with Gasteiger partial charge in [-0.05, 0) is 19.9 Å². The minimum absolute atomic E-state index is 0.153. The summed E-state index contributed by atoms with van der Waals surface area (Å²) in [4.78, 5) is 23.4. The second-order valence-corrected chi connectivity index (χ2v) is 5.22. The Bertz CT molecular complexity index is 720. The van der Waals surface area contributed by atoms with Crippen LogP contribution in [0.15, 0.2) is 34.9 Å². The number of amides is 1. The van der Waals surface area contributed by atoms with Gasteiger partial charge in [0.25, 0.3) is 5.91 Å². The number of ether oxygens (including phenoxy) is 1. The van der Waals surface area contributed by atoms with Crippen molar-refractivity contribution in [3.8, 4) is 5.75 Å². The molecule has 1 heterocycles. The summed E-state index contributed by atoms with van der Waals surface area (Å²) in [7, 11) is 1.57. The zero-order chi connectivity index (χ0) is 17.0. The lowest BCUT2D eigenvalue weighted by Crippen LogP contribution is -2.28. The monoisotopic (exact) mass is 317 g/mol. The van der Waals surface area contributed by atoms with Crippen LogP contribution in [0.3, 0.4) is 0 Å². The number of nitrogens with one attached hydrogen (secondary N) is 1. The molecule has 1 amide bonds. The number of benzene rings is 1. The van der Waals surface area contributed by atoms with E-state index in [1.54, 1.807) is 14.0 Å². The molecule has 0 bridgehead atoms. The second-order valence-electron chi connectivity index (χ2n) is 5.22. The maximum atomic E-state index is 12.5. The number of carboxylic acids is 1. The van der Waals surface area contributed by atoms with Crippen molar-refractivity contribution >= 4 is 11.9 Å². The number of aliphatic carboxylic acids is 1. The second kappa shape index (κ2) is 7.00. The highest BCUT2D eigenvalue weighted by molar-refractivity contribution is 5.97. The molecule has 0 radical (unpaired) electrons. The molecule has 0 aliphatic heterocycles. The van der Waals surface area contributed by atoms with Crippen molar-refractivity contribution < 1.29 is 23.8 Å². The fraction of sp³-hybridized carbons (Fsp3) is 0.294. The summed E-state index contributed by atoms with van der Waals surface area (Å²) in [6.45, 7) is 3.54. The van der Waals surface area contributed by atoms with E-state index in [4.69, 9.17) is 14.3 Å². The average molecular weight is 317 g/mol. The lowest BCUT2D eigenvalue weighted by atomic mass is 10.1. The summed E-state index contributed by atoms with van der Waals surface area (Å²) in [6, 6.07) is 7.09. The number of hydrogen-bond donors (Lipinski definition) is 2. The van der Waals surface area contributed by atoms with Crippen LogP contribution in [0.1, 0.15) is 40.2 Å². The highest BCUT2D eigenvalue weighted by Gasteiger charge is 2.22. The maximum absolute atomic E-state index is 12.5. The summed E-state index contributed by atoms with van der Waals surface area (Å²) in [6.07, 6.45) is 1.06. The zero-order valence-electron chi connectivity index (χ0n) is 13.3. The van der Waals surface area contributed by atoms with Gasteiger partial charge in [0.15, 0.2) is 0 Å². The van der Waals surface area contributed by atoms with Gasteiger partial charge in [-0.2, -0.15) is 0 Å². The van der Waals surface area contributed by atoms with Crippen LogP contribution in [0.4, 0.5) is 0 Å². The third-order valence-electron chi connectivity index (χ3n) is 3.54. The predicted molar refractivity (Wildman–Crippen MR) is 83.7 cm³/mol. The standard InChI is InChI=1S/C17H19NO5/c1-10-9-23-14(8-15(19)20)16(10)17(21)18-11(2)12-6-4-5-7-13(12)22-3/h4-7,9,11H,8H2,1-3H3,(H,18,21)(H,19,20). The average Bonchev–Trinajstić information content (AvgIpc) is 2.87. The van der Waals surface area contributed by atoms with Crippen molar-refractivity contribution in [2.45, 2.75) is 26.3 Å². The summed E-state index contributed by atoms with van der Waals surface area (Å²) >= 11 is 0. The van der Waals surface area contributed by atoms with Gasteiger partial charge in [0.2, 0.25) is 0 Å². The normalized spacial score (nSPS) is 11.8. The van der Waals surface area contributed by atoms with Gasteiger partial charge in [0, 0.05) is 11.1 Å². The summed E-state index contributed by atoms with van der Waals surface area (Å²) in [5, 5.41) is 11.8. The lowest BCUT2D eigenvalue weighted by molar-refractivity contribution is -0.136. The minimum Gasteiger partial charge on any atom is -0.496 e. The number of rotatable bonds is 6. The molecule has 0 aliphatic rings. The zero-order valence-corrected chi connectivity index (χ0v) is 13.3. The topological polar surface area (TPSA) is 88.8 Å². The van der Waals surface area contributed by atoms with Crippen LogP contribution >= 0.6 is 0 Å². The number of para-hydroxylation sites is 1. The molecular weight excluding hydrogens is 298 g/mol.